The summed E-state index contributed by atoms with van der Waals surface area (Å²) in [5.41, 5.74) is -0.0573. The fourth-order valence-electron chi connectivity index (χ4n) is 1.07. The van der Waals surface area contributed by atoms with Gasteiger partial charge in [-0.1, -0.05) is 6.92 Å². The van der Waals surface area contributed by atoms with Gasteiger partial charge in [0, 0.05) is 12.2 Å². The molecular weight excluding hydrogens is 184 g/mol. The second kappa shape index (κ2) is 4.04. The summed E-state index contributed by atoms with van der Waals surface area (Å²) < 4.78 is 1.51. The SMILES string of the molecule is CCC(C)n1cc(C=O)c(C(=O)O)n1. The molecule has 0 aliphatic rings. The van der Waals surface area contributed by atoms with E-state index in [1.165, 1.54) is 10.9 Å². The first-order chi connectivity index (χ1) is 6.60. The molecule has 0 spiro atoms. The lowest BCUT2D eigenvalue weighted by atomic mass is 10.2. The first-order valence-corrected chi connectivity index (χ1v) is 4.37. The van der Waals surface area contributed by atoms with Crippen LogP contribution in [0.15, 0.2) is 6.20 Å². The van der Waals surface area contributed by atoms with Crippen molar-refractivity contribution in [1.82, 2.24) is 9.78 Å². The van der Waals surface area contributed by atoms with Crippen molar-refractivity contribution in [3.8, 4) is 0 Å². The maximum absolute atomic E-state index is 10.7. The van der Waals surface area contributed by atoms with Gasteiger partial charge in [0.1, 0.15) is 0 Å². The molecular formula is C9H12N2O3. The van der Waals surface area contributed by atoms with Crippen molar-refractivity contribution in [2.45, 2.75) is 26.3 Å². The zero-order chi connectivity index (χ0) is 10.7. The van der Waals surface area contributed by atoms with Crippen LogP contribution in [-0.2, 0) is 0 Å². The van der Waals surface area contributed by atoms with Crippen LogP contribution in [0.3, 0.4) is 0 Å². The van der Waals surface area contributed by atoms with Crippen LogP contribution >= 0.6 is 0 Å². The number of carboxylic acid groups (broad SMARTS) is 1. The molecule has 0 amide bonds. The molecule has 1 atom stereocenters. The van der Waals surface area contributed by atoms with E-state index >= 15 is 0 Å². The van der Waals surface area contributed by atoms with E-state index in [9.17, 15) is 9.59 Å². The largest absolute Gasteiger partial charge is 0.476 e. The van der Waals surface area contributed by atoms with E-state index in [-0.39, 0.29) is 17.3 Å². The van der Waals surface area contributed by atoms with E-state index < -0.39 is 5.97 Å². The maximum atomic E-state index is 10.7. The molecule has 1 rings (SSSR count). The highest BCUT2D eigenvalue weighted by Crippen LogP contribution is 2.12. The van der Waals surface area contributed by atoms with Crippen LogP contribution in [0, 0.1) is 0 Å². The van der Waals surface area contributed by atoms with Gasteiger partial charge in [0.2, 0.25) is 0 Å². The fraction of sp³-hybridized carbons (Fsp3) is 0.444. The zero-order valence-corrected chi connectivity index (χ0v) is 8.10. The topological polar surface area (TPSA) is 72.2 Å². The lowest BCUT2D eigenvalue weighted by Crippen LogP contribution is -2.06. The Bertz CT molecular complexity index is 357. The number of carbonyl (C=O) groups is 2. The summed E-state index contributed by atoms with van der Waals surface area (Å²) in [6, 6.07) is 0.0989. The number of aldehydes is 1. The molecule has 0 saturated heterocycles. The predicted octanol–water partition coefficient (Wildman–Crippen LogP) is 1.36. The monoisotopic (exact) mass is 196 g/mol. The highest BCUT2D eigenvalue weighted by molar-refractivity contribution is 5.95. The summed E-state index contributed by atoms with van der Waals surface area (Å²) in [6.45, 7) is 3.88. The van der Waals surface area contributed by atoms with E-state index in [1.54, 1.807) is 0 Å². The van der Waals surface area contributed by atoms with Crippen LogP contribution in [0.25, 0.3) is 0 Å². The van der Waals surface area contributed by atoms with Crippen LogP contribution in [-0.4, -0.2) is 27.1 Å². The molecule has 76 valence electrons. The Balaban J connectivity index is 3.12. The molecule has 0 saturated carbocycles. The standard InChI is InChI=1S/C9H12N2O3/c1-3-6(2)11-4-7(5-12)8(10-11)9(13)14/h4-6H,3H2,1-2H3,(H,13,14). The van der Waals surface area contributed by atoms with Gasteiger partial charge in [-0.15, -0.1) is 0 Å². The molecule has 0 radical (unpaired) electrons. The Morgan fingerprint density at radius 2 is 2.43 bits per heavy atom. The maximum Gasteiger partial charge on any atom is 0.357 e. The van der Waals surface area contributed by atoms with Crippen molar-refractivity contribution >= 4 is 12.3 Å². The third-order valence-electron chi connectivity index (χ3n) is 2.13. The molecule has 14 heavy (non-hydrogen) atoms. The van der Waals surface area contributed by atoms with Crippen LogP contribution in [0.4, 0.5) is 0 Å². The smallest absolute Gasteiger partial charge is 0.357 e. The predicted molar refractivity (Wildman–Crippen MR) is 49.6 cm³/mol. The lowest BCUT2D eigenvalue weighted by Gasteiger charge is -2.07. The summed E-state index contributed by atoms with van der Waals surface area (Å²) in [6.07, 6.45) is 2.80. The van der Waals surface area contributed by atoms with E-state index in [0.29, 0.717) is 6.29 Å². The summed E-state index contributed by atoms with van der Waals surface area (Å²) in [7, 11) is 0. The minimum Gasteiger partial charge on any atom is -0.476 e. The number of carbonyl (C=O) groups excluding carboxylic acids is 1. The van der Waals surface area contributed by atoms with Crippen LogP contribution < -0.4 is 0 Å². The van der Waals surface area contributed by atoms with Crippen molar-refractivity contribution in [2.75, 3.05) is 0 Å². The Kier molecular flexibility index (Phi) is 3.01. The minimum atomic E-state index is -1.17. The van der Waals surface area contributed by atoms with Gasteiger partial charge >= 0.3 is 5.97 Å². The number of carboxylic acids is 1. The third-order valence-corrected chi connectivity index (χ3v) is 2.13. The Morgan fingerprint density at radius 3 is 2.79 bits per heavy atom. The van der Waals surface area contributed by atoms with Crippen molar-refractivity contribution < 1.29 is 14.7 Å². The third kappa shape index (κ3) is 1.81. The lowest BCUT2D eigenvalue weighted by molar-refractivity contribution is 0.0686. The van der Waals surface area contributed by atoms with E-state index in [0.717, 1.165) is 6.42 Å². The second-order valence-corrected chi connectivity index (χ2v) is 3.09. The van der Waals surface area contributed by atoms with Gasteiger partial charge in [0.05, 0.1) is 5.56 Å². The van der Waals surface area contributed by atoms with Gasteiger partial charge in [-0.3, -0.25) is 9.48 Å². The average molecular weight is 196 g/mol. The number of aromatic carboxylic acids is 1. The number of rotatable bonds is 4. The highest BCUT2D eigenvalue weighted by atomic mass is 16.4. The number of hydrogen-bond acceptors (Lipinski definition) is 3. The number of aromatic nitrogens is 2. The molecule has 5 heteroatoms. The molecule has 0 aliphatic heterocycles. The molecule has 1 aromatic heterocycles. The van der Waals surface area contributed by atoms with Crippen molar-refractivity contribution in [3.63, 3.8) is 0 Å². The number of nitrogens with zero attached hydrogens (tertiary/aromatic N) is 2. The van der Waals surface area contributed by atoms with E-state index in [1.807, 2.05) is 13.8 Å². The Labute approximate surface area is 81.3 Å². The number of hydrogen-bond donors (Lipinski definition) is 1. The van der Waals surface area contributed by atoms with Gasteiger partial charge in [-0.2, -0.15) is 5.10 Å². The van der Waals surface area contributed by atoms with Crippen LogP contribution in [0.5, 0.6) is 0 Å². The molecule has 1 unspecified atom stereocenters. The van der Waals surface area contributed by atoms with Crippen LogP contribution in [0.2, 0.25) is 0 Å². The molecule has 0 bridgehead atoms. The Hall–Kier alpha value is -1.65. The summed E-state index contributed by atoms with van der Waals surface area (Å²) >= 11 is 0. The summed E-state index contributed by atoms with van der Waals surface area (Å²) in [5.74, 6) is -1.17. The molecule has 5 nitrogen and oxygen atoms in total. The molecule has 1 N–H and O–H groups in total. The molecule has 1 aromatic rings. The molecule has 0 aromatic carbocycles. The zero-order valence-electron chi connectivity index (χ0n) is 8.10. The minimum absolute atomic E-state index is 0.0989. The first-order valence-electron chi connectivity index (χ1n) is 4.37. The Morgan fingerprint density at radius 1 is 1.79 bits per heavy atom. The van der Waals surface area contributed by atoms with Crippen molar-refractivity contribution in [2.24, 2.45) is 0 Å². The molecule has 0 fully saturated rings. The normalized spacial score (nSPS) is 12.4. The molecule has 1 heterocycles. The van der Waals surface area contributed by atoms with Crippen LogP contribution in [0.1, 0.15) is 47.2 Å². The van der Waals surface area contributed by atoms with Gasteiger partial charge in [-0.25, -0.2) is 4.79 Å². The summed E-state index contributed by atoms with van der Waals surface area (Å²) in [5, 5.41) is 12.6. The van der Waals surface area contributed by atoms with Crippen molar-refractivity contribution in [1.29, 1.82) is 0 Å². The van der Waals surface area contributed by atoms with Gasteiger partial charge in [-0.05, 0) is 13.3 Å². The second-order valence-electron chi connectivity index (χ2n) is 3.09. The average Bonchev–Trinajstić information content (AvgIpc) is 2.60. The van der Waals surface area contributed by atoms with Gasteiger partial charge < -0.3 is 5.11 Å². The first kappa shape index (κ1) is 10.4. The summed E-state index contributed by atoms with van der Waals surface area (Å²) in [4.78, 5) is 21.2. The highest BCUT2D eigenvalue weighted by Gasteiger charge is 2.16. The van der Waals surface area contributed by atoms with Gasteiger partial charge in [0.25, 0.3) is 0 Å². The van der Waals surface area contributed by atoms with E-state index in [2.05, 4.69) is 5.10 Å². The molecule has 0 aliphatic carbocycles. The van der Waals surface area contributed by atoms with Crippen molar-refractivity contribution in [3.05, 3.63) is 17.5 Å². The van der Waals surface area contributed by atoms with E-state index in [4.69, 9.17) is 5.11 Å². The fourth-order valence-corrected chi connectivity index (χ4v) is 1.07. The quantitative estimate of drug-likeness (QED) is 0.738. The van der Waals surface area contributed by atoms with Gasteiger partial charge in [0.15, 0.2) is 12.0 Å².